The molecule has 5 nitrogen and oxygen atoms in total. The third kappa shape index (κ3) is 2.00. The van der Waals surface area contributed by atoms with E-state index in [1.807, 2.05) is 0 Å². The molecule has 0 saturated heterocycles. The normalized spacial score (nSPS) is 46.4. The second-order valence-corrected chi connectivity index (χ2v) is 3.50. The van der Waals surface area contributed by atoms with Crippen LogP contribution in [0.1, 0.15) is 6.42 Å². The van der Waals surface area contributed by atoms with Crippen LogP contribution >= 0.6 is 0 Å². The third-order valence-corrected chi connectivity index (χ3v) is 2.77. The van der Waals surface area contributed by atoms with E-state index in [4.69, 9.17) is 0 Å². The number of hydrogen-bond acceptors (Lipinski definition) is 5. The topological polar surface area (TPSA) is 84.8 Å². The zero-order chi connectivity index (χ0) is 10.0. The maximum atomic E-state index is 9.52. The quantitative estimate of drug-likeness (QED) is 0.337. The molecule has 1 aliphatic carbocycles. The molecule has 0 heterocycles. The summed E-state index contributed by atoms with van der Waals surface area (Å²) < 4.78 is 0. The largest absolute Gasteiger partial charge is 0.389 e. The van der Waals surface area contributed by atoms with E-state index in [9.17, 15) is 15.3 Å². The summed E-state index contributed by atoms with van der Waals surface area (Å²) >= 11 is 0. The lowest BCUT2D eigenvalue weighted by Crippen LogP contribution is -2.62. The molecule has 0 aromatic carbocycles. The standard InChI is InChI=1S/C8H18N2O3/c1-9-4-3-5(10-2)7(12)8(13)6(4)11/h4-13H,3H2,1-2H3/t4-,5+,6+,7-,8?. The van der Waals surface area contributed by atoms with Crippen molar-refractivity contribution in [3.63, 3.8) is 0 Å². The molecule has 5 heteroatoms. The van der Waals surface area contributed by atoms with Crippen LogP contribution in [0.5, 0.6) is 0 Å². The van der Waals surface area contributed by atoms with Crippen LogP contribution in [0.15, 0.2) is 0 Å². The number of rotatable bonds is 2. The lowest BCUT2D eigenvalue weighted by molar-refractivity contribution is -0.109. The molecule has 13 heavy (non-hydrogen) atoms. The van der Waals surface area contributed by atoms with E-state index in [1.165, 1.54) is 0 Å². The maximum Gasteiger partial charge on any atom is 0.109 e. The minimum atomic E-state index is -1.08. The van der Waals surface area contributed by atoms with Gasteiger partial charge in [0.05, 0.1) is 12.2 Å². The summed E-state index contributed by atoms with van der Waals surface area (Å²) in [6, 6.07) is -0.341. The molecule has 0 spiro atoms. The smallest absolute Gasteiger partial charge is 0.109 e. The van der Waals surface area contributed by atoms with E-state index in [0.29, 0.717) is 6.42 Å². The molecule has 0 aliphatic heterocycles. The number of aliphatic hydroxyl groups is 3. The molecule has 0 aromatic rings. The van der Waals surface area contributed by atoms with E-state index in [1.54, 1.807) is 14.1 Å². The van der Waals surface area contributed by atoms with Gasteiger partial charge in [-0.15, -0.1) is 0 Å². The minimum absolute atomic E-state index is 0.171. The second kappa shape index (κ2) is 4.34. The number of aliphatic hydroxyl groups excluding tert-OH is 3. The van der Waals surface area contributed by atoms with Gasteiger partial charge in [-0.2, -0.15) is 0 Å². The Morgan fingerprint density at radius 2 is 1.23 bits per heavy atom. The summed E-state index contributed by atoms with van der Waals surface area (Å²) in [6.07, 6.45) is -2.27. The summed E-state index contributed by atoms with van der Waals surface area (Å²) in [5, 5.41) is 34.3. The molecule has 5 atom stereocenters. The van der Waals surface area contributed by atoms with E-state index in [0.717, 1.165) is 0 Å². The van der Waals surface area contributed by atoms with Crippen molar-refractivity contribution in [3.8, 4) is 0 Å². The van der Waals surface area contributed by atoms with Crippen LogP contribution in [0.25, 0.3) is 0 Å². The first-order chi connectivity index (χ1) is 6.11. The lowest BCUT2D eigenvalue weighted by atomic mass is 9.84. The van der Waals surface area contributed by atoms with Gasteiger partial charge in [0.2, 0.25) is 0 Å². The molecule has 1 aliphatic rings. The molecule has 1 saturated carbocycles. The fourth-order valence-electron chi connectivity index (χ4n) is 1.81. The van der Waals surface area contributed by atoms with Crippen LogP contribution in [-0.2, 0) is 0 Å². The van der Waals surface area contributed by atoms with Gasteiger partial charge >= 0.3 is 0 Å². The van der Waals surface area contributed by atoms with Gasteiger partial charge in [0.25, 0.3) is 0 Å². The van der Waals surface area contributed by atoms with Crippen molar-refractivity contribution in [2.24, 2.45) is 0 Å². The van der Waals surface area contributed by atoms with Gasteiger partial charge in [-0.3, -0.25) is 0 Å². The Bertz CT molecular complexity index is 147. The van der Waals surface area contributed by atoms with Gasteiger partial charge in [0.1, 0.15) is 6.10 Å². The van der Waals surface area contributed by atoms with Gasteiger partial charge in [-0.05, 0) is 20.5 Å². The van der Waals surface area contributed by atoms with Crippen LogP contribution in [0, 0.1) is 0 Å². The zero-order valence-electron chi connectivity index (χ0n) is 7.94. The van der Waals surface area contributed by atoms with Crippen LogP contribution in [0.2, 0.25) is 0 Å². The Hall–Kier alpha value is -0.200. The molecular formula is C8H18N2O3. The molecule has 0 aromatic heterocycles. The highest BCUT2D eigenvalue weighted by molar-refractivity contribution is 4.98. The van der Waals surface area contributed by atoms with Crippen LogP contribution in [0.3, 0.4) is 0 Å². The molecule has 78 valence electrons. The maximum absolute atomic E-state index is 9.52. The summed E-state index contributed by atoms with van der Waals surface area (Å²) in [4.78, 5) is 0. The van der Waals surface area contributed by atoms with E-state index in [-0.39, 0.29) is 12.1 Å². The van der Waals surface area contributed by atoms with E-state index in [2.05, 4.69) is 10.6 Å². The van der Waals surface area contributed by atoms with Crippen molar-refractivity contribution in [2.45, 2.75) is 36.8 Å². The molecule has 0 radical (unpaired) electrons. The average Bonchev–Trinajstić information content (AvgIpc) is 2.15. The number of likely N-dealkylation sites (N-methyl/N-ethyl adjacent to an activating group) is 2. The molecule has 1 unspecified atom stereocenters. The summed E-state index contributed by atoms with van der Waals surface area (Å²) in [6.45, 7) is 0. The summed E-state index contributed by atoms with van der Waals surface area (Å²) in [7, 11) is 3.45. The molecule has 0 amide bonds. The fraction of sp³-hybridized carbons (Fsp3) is 1.00. The third-order valence-electron chi connectivity index (χ3n) is 2.77. The zero-order valence-corrected chi connectivity index (χ0v) is 7.94. The SMILES string of the molecule is CN[C@H]1C[C@@H](NC)[C@H](O)C(O)[C@@H]1O. The van der Waals surface area contributed by atoms with Crippen molar-refractivity contribution >= 4 is 0 Å². The van der Waals surface area contributed by atoms with Crippen molar-refractivity contribution in [2.75, 3.05) is 14.1 Å². The van der Waals surface area contributed by atoms with Crippen LogP contribution < -0.4 is 10.6 Å². The lowest BCUT2D eigenvalue weighted by Gasteiger charge is -2.40. The minimum Gasteiger partial charge on any atom is -0.389 e. The first kappa shape index (κ1) is 10.9. The highest BCUT2D eigenvalue weighted by atomic mass is 16.4. The predicted octanol–water partition coefficient (Wildman–Crippen LogP) is -2.35. The number of hydrogen-bond donors (Lipinski definition) is 5. The monoisotopic (exact) mass is 190 g/mol. The van der Waals surface area contributed by atoms with Gasteiger partial charge in [-0.1, -0.05) is 0 Å². The molecule has 1 fully saturated rings. The Balaban J connectivity index is 2.66. The molecule has 1 rings (SSSR count). The van der Waals surface area contributed by atoms with E-state index >= 15 is 0 Å². The van der Waals surface area contributed by atoms with Crippen molar-refractivity contribution in [1.29, 1.82) is 0 Å². The van der Waals surface area contributed by atoms with Gasteiger partial charge in [0.15, 0.2) is 0 Å². The van der Waals surface area contributed by atoms with Gasteiger partial charge in [-0.25, -0.2) is 0 Å². The summed E-state index contributed by atoms with van der Waals surface area (Å²) in [5.41, 5.74) is 0. The highest BCUT2D eigenvalue weighted by Gasteiger charge is 2.41. The predicted molar refractivity (Wildman–Crippen MR) is 48.3 cm³/mol. The summed E-state index contributed by atoms with van der Waals surface area (Å²) in [5.74, 6) is 0. The first-order valence-corrected chi connectivity index (χ1v) is 4.50. The van der Waals surface area contributed by atoms with Gasteiger partial charge < -0.3 is 26.0 Å². The molecule has 0 bridgehead atoms. The van der Waals surface area contributed by atoms with Crippen molar-refractivity contribution < 1.29 is 15.3 Å². The van der Waals surface area contributed by atoms with Crippen LogP contribution in [0.4, 0.5) is 0 Å². The second-order valence-electron chi connectivity index (χ2n) is 3.50. The van der Waals surface area contributed by atoms with E-state index < -0.39 is 18.3 Å². The average molecular weight is 190 g/mol. The molecule has 5 N–H and O–H groups in total. The van der Waals surface area contributed by atoms with Gasteiger partial charge in [0, 0.05) is 12.1 Å². The van der Waals surface area contributed by atoms with Crippen LogP contribution in [-0.4, -0.2) is 59.8 Å². The number of nitrogens with one attached hydrogen (secondary N) is 2. The molecular weight excluding hydrogens is 172 g/mol. The van der Waals surface area contributed by atoms with Crippen molar-refractivity contribution in [3.05, 3.63) is 0 Å². The van der Waals surface area contributed by atoms with Crippen molar-refractivity contribution in [1.82, 2.24) is 10.6 Å². The first-order valence-electron chi connectivity index (χ1n) is 4.50. The fourth-order valence-corrected chi connectivity index (χ4v) is 1.81. The highest BCUT2D eigenvalue weighted by Crippen LogP contribution is 2.20. The Morgan fingerprint density at radius 3 is 1.54 bits per heavy atom. The Labute approximate surface area is 77.8 Å². The Morgan fingerprint density at radius 1 is 0.846 bits per heavy atom. The Kier molecular flexibility index (Phi) is 3.63.